The van der Waals surface area contributed by atoms with E-state index >= 15 is 0 Å². The molecule has 1 N–H and O–H groups in total. The summed E-state index contributed by atoms with van der Waals surface area (Å²) in [6.45, 7) is 4.31. The molecule has 1 unspecified atom stereocenters. The van der Waals surface area contributed by atoms with Gasteiger partial charge in [-0.05, 0) is 31.0 Å². The quantitative estimate of drug-likeness (QED) is 0.835. The molecule has 1 nitrogen and oxygen atoms in total. The molecular weight excluding hydrogens is 242 g/mol. The van der Waals surface area contributed by atoms with E-state index in [1.807, 2.05) is 24.3 Å². The van der Waals surface area contributed by atoms with Crippen molar-refractivity contribution in [1.29, 1.82) is 0 Å². The van der Waals surface area contributed by atoms with Gasteiger partial charge < -0.3 is 5.32 Å². The second-order valence-corrected chi connectivity index (χ2v) is 4.95. The molecule has 94 valence electrons. The van der Waals surface area contributed by atoms with Gasteiger partial charge in [0.2, 0.25) is 0 Å². The minimum absolute atomic E-state index is 0.230. The van der Waals surface area contributed by atoms with Gasteiger partial charge in [-0.3, -0.25) is 0 Å². The molecule has 2 atom stereocenters. The SMILES string of the molecule is CC(N[C@H](C)c1ccccc1Cl)c1ccccc1. The normalized spacial score (nSPS) is 14.2. The first kappa shape index (κ1) is 13.1. The lowest BCUT2D eigenvalue weighted by molar-refractivity contribution is 0.495. The van der Waals surface area contributed by atoms with Crippen LogP contribution in [0.2, 0.25) is 5.02 Å². The van der Waals surface area contributed by atoms with Crippen molar-refractivity contribution in [2.75, 3.05) is 0 Å². The highest BCUT2D eigenvalue weighted by Crippen LogP contribution is 2.24. The van der Waals surface area contributed by atoms with E-state index in [2.05, 4.69) is 49.5 Å². The lowest BCUT2D eigenvalue weighted by Gasteiger charge is -2.21. The molecule has 2 aromatic carbocycles. The van der Waals surface area contributed by atoms with Gasteiger partial charge in [0, 0.05) is 17.1 Å². The molecule has 2 heteroatoms. The van der Waals surface area contributed by atoms with Crippen LogP contribution in [0.1, 0.15) is 37.1 Å². The summed E-state index contributed by atoms with van der Waals surface area (Å²) in [5.74, 6) is 0. The maximum Gasteiger partial charge on any atom is 0.0453 e. The predicted octanol–water partition coefficient (Wildman–Crippen LogP) is 4.75. The van der Waals surface area contributed by atoms with Crippen molar-refractivity contribution in [3.8, 4) is 0 Å². The zero-order valence-electron chi connectivity index (χ0n) is 10.7. The van der Waals surface area contributed by atoms with Crippen LogP contribution in [0.4, 0.5) is 0 Å². The minimum atomic E-state index is 0.230. The molecule has 0 heterocycles. The summed E-state index contributed by atoms with van der Waals surface area (Å²) in [6, 6.07) is 18.9. The van der Waals surface area contributed by atoms with E-state index in [1.165, 1.54) is 5.56 Å². The molecule has 2 rings (SSSR count). The third kappa shape index (κ3) is 3.12. The fourth-order valence-corrected chi connectivity index (χ4v) is 2.43. The van der Waals surface area contributed by atoms with Gasteiger partial charge in [-0.2, -0.15) is 0 Å². The van der Waals surface area contributed by atoms with Crippen LogP contribution in [-0.2, 0) is 0 Å². The topological polar surface area (TPSA) is 12.0 Å². The number of benzene rings is 2. The van der Waals surface area contributed by atoms with Crippen LogP contribution in [0.3, 0.4) is 0 Å². The van der Waals surface area contributed by atoms with E-state index in [0.29, 0.717) is 6.04 Å². The number of hydrogen-bond donors (Lipinski definition) is 1. The highest BCUT2D eigenvalue weighted by molar-refractivity contribution is 6.31. The Morgan fingerprint density at radius 2 is 1.44 bits per heavy atom. The summed E-state index contributed by atoms with van der Waals surface area (Å²) in [5, 5.41) is 4.39. The van der Waals surface area contributed by atoms with Crippen LogP contribution in [0.15, 0.2) is 54.6 Å². The standard InChI is InChI=1S/C16H18ClN/c1-12(14-8-4-3-5-9-14)18-13(2)15-10-6-7-11-16(15)17/h3-13,18H,1-2H3/t12?,13-/m1/s1. The third-order valence-electron chi connectivity index (χ3n) is 3.17. The Kier molecular flexibility index (Phi) is 4.40. The first-order valence-corrected chi connectivity index (χ1v) is 6.61. The van der Waals surface area contributed by atoms with Crippen LogP contribution in [0.25, 0.3) is 0 Å². The fourth-order valence-electron chi connectivity index (χ4n) is 2.13. The smallest absolute Gasteiger partial charge is 0.0453 e. The average molecular weight is 260 g/mol. The van der Waals surface area contributed by atoms with Crippen molar-refractivity contribution in [2.45, 2.75) is 25.9 Å². The molecule has 0 aliphatic carbocycles. The molecular formula is C16H18ClN. The van der Waals surface area contributed by atoms with E-state index in [9.17, 15) is 0 Å². The molecule has 0 bridgehead atoms. The van der Waals surface area contributed by atoms with Crippen LogP contribution in [-0.4, -0.2) is 0 Å². The van der Waals surface area contributed by atoms with Gasteiger partial charge in [-0.1, -0.05) is 60.1 Å². The summed E-state index contributed by atoms with van der Waals surface area (Å²) in [5.41, 5.74) is 2.43. The van der Waals surface area contributed by atoms with Crippen molar-refractivity contribution in [3.05, 3.63) is 70.7 Å². The maximum absolute atomic E-state index is 6.21. The fraction of sp³-hybridized carbons (Fsp3) is 0.250. The molecule has 0 fully saturated rings. The summed E-state index contributed by atoms with van der Waals surface area (Å²) >= 11 is 6.21. The van der Waals surface area contributed by atoms with Crippen LogP contribution in [0, 0.1) is 0 Å². The Morgan fingerprint density at radius 1 is 0.833 bits per heavy atom. The van der Waals surface area contributed by atoms with Crippen molar-refractivity contribution in [2.24, 2.45) is 0 Å². The van der Waals surface area contributed by atoms with Crippen molar-refractivity contribution in [1.82, 2.24) is 5.32 Å². The molecule has 18 heavy (non-hydrogen) atoms. The molecule has 2 aromatic rings. The van der Waals surface area contributed by atoms with Gasteiger partial charge in [0.15, 0.2) is 0 Å². The Bertz CT molecular complexity index is 495. The van der Waals surface area contributed by atoms with Crippen molar-refractivity contribution >= 4 is 11.6 Å². The maximum atomic E-state index is 6.21. The Morgan fingerprint density at radius 3 is 2.11 bits per heavy atom. The van der Waals surface area contributed by atoms with Crippen LogP contribution in [0.5, 0.6) is 0 Å². The number of rotatable bonds is 4. The summed E-state index contributed by atoms with van der Waals surface area (Å²) < 4.78 is 0. The van der Waals surface area contributed by atoms with E-state index in [0.717, 1.165) is 10.6 Å². The lowest BCUT2D eigenvalue weighted by Crippen LogP contribution is -2.22. The number of hydrogen-bond acceptors (Lipinski definition) is 1. The predicted molar refractivity (Wildman–Crippen MR) is 77.9 cm³/mol. The summed E-state index contributed by atoms with van der Waals surface area (Å²) in [7, 11) is 0. The Hall–Kier alpha value is -1.31. The average Bonchev–Trinajstić information content (AvgIpc) is 2.40. The van der Waals surface area contributed by atoms with Gasteiger partial charge in [-0.25, -0.2) is 0 Å². The van der Waals surface area contributed by atoms with Gasteiger partial charge >= 0.3 is 0 Å². The second-order valence-electron chi connectivity index (χ2n) is 4.54. The zero-order valence-corrected chi connectivity index (χ0v) is 11.5. The minimum Gasteiger partial charge on any atom is -0.304 e. The third-order valence-corrected chi connectivity index (χ3v) is 3.52. The second kappa shape index (κ2) is 6.03. The molecule has 0 amide bonds. The highest BCUT2D eigenvalue weighted by atomic mass is 35.5. The monoisotopic (exact) mass is 259 g/mol. The van der Waals surface area contributed by atoms with E-state index in [-0.39, 0.29) is 6.04 Å². The van der Waals surface area contributed by atoms with Crippen LogP contribution >= 0.6 is 11.6 Å². The lowest BCUT2D eigenvalue weighted by atomic mass is 10.0. The molecule has 0 aliphatic heterocycles. The van der Waals surface area contributed by atoms with Gasteiger partial charge in [-0.15, -0.1) is 0 Å². The molecule has 0 saturated carbocycles. The van der Waals surface area contributed by atoms with E-state index in [1.54, 1.807) is 0 Å². The van der Waals surface area contributed by atoms with Crippen molar-refractivity contribution in [3.63, 3.8) is 0 Å². The molecule has 0 saturated heterocycles. The van der Waals surface area contributed by atoms with E-state index < -0.39 is 0 Å². The Balaban J connectivity index is 2.08. The van der Waals surface area contributed by atoms with Gasteiger partial charge in [0.05, 0.1) is 0 Å². The first-order chi connectivity index (χ1) is 8.68. The van der Waals surface area contributed by atoms with Gasteiger partial charge in [0.25, 0.3) is 0 Å². The highest BCUT2D eigenvalue weighted by Gasteiger charge is 2.12. The largest absolute Gasteiger partial charge is 0.304 e. The van der Waals surface area contributed by atoms with Crippen molar-refractivity contribution < 1.29 is 0 Å². The number of halogens is 1. The Labute approximate surface area is 114 Å². The summed E-state index contributed by atoms with van der Waals surface area (Å²) in [6.07, 6.45) is 0. The van der Waals surface area contributed by atoms with Crippen LogP contribution < -0.4 is 5.32 Å². The molecule has 0 radical (unpaired) electrons. The number of nitrogens with one attached hydrogen (secondary N) is 1. The summed E-state index contributed by atoms with van der Waals surface area (Å²) in [4.78, 5) is 0. The molecule has 0 aromatic heterocycles. The molecule has 0 aliphatic rings. The first-order valence-electron chi connectivity index (χ1n) is 6.24. The van der Waals surface area contributed by atoms with Gasteiger partial charge in [0.1, 0.15) is 0 Å². The van der Waals surface area contributed by atoms with E-state index in [4.69, 9.17) is 11.6 Å². The zero-order chi connectivity index (χ0) is 13.0. The molecule has 0 spiro atoms.